The van der Waals surface area contributed by atoms with Gasteiger partial charge < -0.3 is 16.4 Å². The summed E-state index contributed by atoms with van der Waals surface area (Å²) in [5.41, 5.74) is 13.3. The molecule has 0 spiro atoms. The summed E-state index contributed by atoms with van der Waals surface area (Å²) in [6.07, 6.45) is 2.40. The van der Waals surface area contributed by atoms with Gasteiger partial charge in [-0.2, -0.15) is 0 Å². The minimum atomic E-state index is -0.463. The van der Waals surface area contributed by atoms with Crippen LogP contribution < -0.4 is 16.4 Å². The van der Waals surface area contributed by atoms with Crippen LogP contribution in [0.15, 0.2) is 18.2 Å². The Morgan fingerprint density at radius 1 is 1.44 bits per heavy atom. The van der Waals surface area contributed by atoms with E-state index in [4.69, 9.17) is 11.5 Å². The van der Waals surface area contributed by atoms with E-state index in [0.717, 1.165) is 12.2 Å². The number of nitrogens with two attached hydrogens (primary N) is 2. The molecule has 4 N–H and O–H groups in total. The molecule has 18 heavy (non-hydrogen) atoms. The van der Waals surface area contributed by atoms with Crippen LogP contribution in [0.4, 0.5) is 11.4 Å². The third kappa shape index (κ3) is 2.58. The summed E-state index contributed by atoms with van der Waals surface area (Å²) in [5, 5.41) is 0. The van der Waals surface area contributed by atoms with Crippen LogP contribution in [-0.4, -0.2) is 18.5 Å². The smallest absolute Gasteiger partial charge is 0.250 e. The number of para-hydroxylation sites is 1. The summed E-state index contributed by atoms with van der Waals surface area (Å²) in [6.45, 7) is 5.32. The van der Waals surface area contributed by atoms with Crippen molar-refractivity contribution in [3.05, 3.63) is 23.8 Å². The summed E-state index contributed by atoms with van der Waals surface area (Å²) in [4.78, 5) is 13.6. The molecule has 4 heteroatoms. The Hall–Kier alpha value is -1.71. The number of nitrogen functional groups attached to an aromatic ring is 1. The molecule has 0 atom stereocenters. The highest BCUT2D eigenvalue weighted by Crippen LogP contribution is 2.36. The third-order valence-electron chi connectivity index (χ3n) is 3.21. The lowest BCUT2D eigenvalue weighted by Crippen LogP contribution is -2.31. The molecule has 1 aromatic carbocycles. The first-order valence-corrected chi connectivity index (χ1v) is 6.45. The van der Waals surface area contributed by atoms with Crippen LogP contribution >= 0.6 is 0 Å². The fourth-order valence-corrected chi connectivity index (χ4v) is 2.24. The Bertz CT molecular complexity index is 452. The van der Waals surface area contributed by atoms with Crippen LogP contribution in [0.2, 0.25) is 0 Å². The van der Waals surface area contributed by atoms with Crippen LogP contribution in [0.1, 0.15) is 37.0 Å². The fraction of sp³-hybridized carbons (Fsp3) is 0.500. The van der Waals surface area contributed by atoms with Crippen molar-refractivity contribution in [2.75, 3.05) is 17.2 Å². The van der Waals surface area contributed by atoms with Crippen LogP contribution in [0, 0.1) is 5.92 Å². The second-order valence-electron chi connectivity index (χ2n) is 5.38. The molecule has 1 amide bonds. The van der Waals surface area contributed by atoms with Gasteiger partial charge in [0, 0.05) is 12.6 Å². The van der Waals surface area contributed by atoms with E-state index in [1.165, 1.54) is 12.8 Å². The molecule has 0 aromatic heterocycles. The molecule has 0 bridgehead atoms. The highest BCUT2D eigenvalue weighted by atomic mass is 16.1. The van der Waals surface area contributed by atoms with E-state index in [2.05, 4.69) is 18.7 Å². The first-order valence-electron chi connectivity index (χ1n) is 6.45. The number of hydrogen-bond donors (Lipinski definition) is 2. The Morgan fingerprint density at radius 2 is 2.11 bits per heavy atom. The van der Waals surface area contributed by atoms with Crippen molar-refractivity contribution >= 4 is 17.3 Å². The first-order chi connectivity index (χ1) is 8.50. The molecule has 4 nitrogen and oxygen atoms in total. The zero-order valence-electron chi connectivity index (χ0n) is 11.0. The van der Waals surface area contributed by atoms with Gasteiger partial charge >= 0.3 is 0 Å². The lowest BCUT2D eigenvalue weighted by molar-refractivity contribution is 0.100. The number of hydrogen-bond acceptors (Lipinski definition) is 3. The van der Waals surface area contributed by atoms with Gasteiger partial charge in [0.1, 0.15) is 0 Å². The van der Waals surface area contributed by atoms with Gasteiger partial charge in [-0.3, -0.25) is 4.79 Å². The normalized spacial score (nSPS) is 14.8. The zero-order valence-corrected chi connectivity index (χ0v) is 11.0. The van der Waals surface area contributed by atoms with E-state index in [-0.39, 0.29) is 0 Å². The van der Waals surface area contributed by atoms with Crippen molar-refractivity contribution in [2.45, 2.75) is 32.7 Å². The minimum absolute atomic E-state index is 0.418. The number of primary amides is 1. The quantitative estimate of drug-likeness (QED) is 0.782. The second kappa shape index (κ2) is 4.88. The van der Waals surface area contributed by atoms with E-state index < -0.39 is 5.91 Å². The predicted octanol–water partition coefficient (Wildman–Crippen LogP) is 1.99. The Balaban J connectivity index is 2.35. The Kier molecular flexibility index (Phi) is 3.45. The molecule has 1 aliphatic rings. The molecule has 2 rings (SSSR count). The van der Waals surface area contributed by atoms with Crippen LogP contribution in [0.3, 0.4) is 0 Å². The highest BCUT2D eigenvalue weighted by Gasteiger charge is 2.31. The average molecular weight is 247 g/mol. The summed E-state index contributed by atoms with van der Waals surface area (Å²) < 4.78 is 0. The zero-order chi connectivity index (χ0) is 13.3. The van der Waals surface area contributed by atoms with Crippen molar-refractivity contribution in [2.24, 2.45) is 11.7 Å². The maximum Gasteiger partial charge on any atom is 0.250 e. The molecular weight excluding hydrogens is 226 g/mol. The number of carbonyl (C=O) groups is 1. The molecule has 98 valence electrons. The topological polar surface area (TPSA) is 72.3 Å². The summed E-state index contributed by atoms with van der Waals surface area (Å²) >= 11 is 0. The highest BCUT2D eigenvalue weighted by molar-refractivity contribution is 6.00. The van der Waals surface area contributed by atoms with E-state index in [1.807, 2.05) is 12.1 Å². The molecule has 0 heterocycles. The standard InChI is InChI=1S/C14H21N3O/c1-9(2)8-17(10-6-7-10)12-5-3-4-11(13(12)15)14(16)18/h3-5,9-10H,6-8,15H2,1-2H3,(H2,16,18). The minimum Gasteiger partial charge on any atom is -0.396 e. The van der Waals surface area contributed by atoms with Crippen LogP contribution in [0.25, 0.3) is 0 Å². The molecular formula is C14H21N3O. The lowest BCUT2D eigenvalue weighted by atomic mass is 10.1. The fourth-order valence-electron chi connectivity index (χ4n) is 2.24. The van der Waals surface area contributed by atoms with E-state index in [1.54, 1.807) is 6.07 Å². The maximum atomic E-state index is 11.3. The number of benzene rings is 1. The van der Waals surface area contributed by atoms with Gasteiger partial charge in [-0.1, -0.05) is 19.9 Å². The van der Waals surface area contributed by atoms with Gasteiger partial charge in [0.25, 0.3) is 5.91 Å². The van der Waals surface area contributed by atoms with Gasteiger partial charge in [-0.25, -0.2) is 0 Å². The Morgan fingerprint density at radius 3 is 2.61 bits per heavy atom. The van der Waals surface area contributed by atoms with Crippen molar-refractivity contribution in [3.8, 4) is 0 Å². The molecule has 1 aliphatic carbocycles. The van der Waals surface area contributed by atoms with E-state index >= 15 is 0 Å². The Labute approximate surface area is 108 Å². The van der Waals surface area contributed by atoms with Crippen molar-refractivity contribution in [1.29, 1.82) is 0 Å². The monoisotopic (exact) mass is 247 g/mol. The first kappa shape index (κ1) is 12.7. The van der Waals surface area contributed by atoms with Crippen molar-refractivity contribution < 1.29 is 4.79 Å². The molecule has 1 saturated carbocycles. The third-order valence-corrected chi connectivity index (χ3v) is 3.21. The number of carbonyl (C=O) groups excluding carboxylic acids is 1. The molecule has 0 unspecified atom stereocenters. The number of nitrogens with zero attached hydrogens (tertiary/aromatic N) is 1. The van der Waals surface area contributed by atoms with Crippen molar-refractivity contribution in [3.63, 3.8) is 0 Å². The van der Waals surface area contributed by atoms with E-state index in [9.17, 15) is 4.79 Å². The van der Waals surface area contributed by atoms with Crippen LogP contribution in [0.5, 0.6) is 0 Å². The van der Waals surface area contributed by atoms with Gasteiger partial charge in [0.15, 0.2) is 0 Å². The summed E-state index contributed by atoms with van der Waals surface area (Å²) in [6, 6.07) is 6.07. The maximum absolute atomic E-state index is 11.3. The van der Waals surface area contributed by atoms with Gasteiger partial charge in [-0.05, 0) is 30.9 Å². The summed E-state index contributed by atoms with van der Waals surface area (Å²) in [5.74, 6) is 0.0943. The van der Waals surface area contributed by atoms with Crippen LogP contribution in [-0.2, 0) is 0 Å². The molecule has 0 saturated heterocycles. The van der Waals surface area contributed by atoms with Gasteiger partial charge in [0.2, 0.25) is 0 Å². The number of rotatable bonds is 5. The van der Waals surface area contributed by atoms with Gasteiger partial charge in [0.05, 0.1) is 16.9 Å². The van der Waals surface area contributed by atoms with Gasteiger partial charge in [-0.15, -0.1) is 0 Å². The average Bonchev–Trinajstić information content (AvgIpc) is 3.09. The number of anilines is 2. The number of amides is 1. The predicted molar refractivity (Wildman–Crippen MR) is 74.6 cm³/mol. The second-order valence-corrected chi connectivity index (χ2v) is 5.38. The lowest BCUT2D eigenvalue weighted by Gasteiger charge is -2.28. The largest absolute Gasteiger partial charge is 0.396 e. The SMILES string of the molecule is CC(C)CN(c1cccc(C(N)=O)c1N)C1CC1. The van der Waals surface area contributed by atoms with E-state index in [0.29, 0.717) is 23.2 Å². The molecule has 1 fully saturated rings. The van der Waals surface area contributed by atoms with Crippen molar-refractivity contribution in [1.82, 2.24) is 0 Å². The summed E-state index contributed by atoms with van der Waals surface area (Å²) in [7, 11) is 0. The molecule has 1 aromatic rings. The molecule has 0 radical (unpaired) electrons. The molecule has 0 aliphatic heterocycles.